The van der Waals surface area contributed by atoms with Crippen molar-refractivity contribution in [1.29, 1.82) is 0 Å². The summed E-state index contributed by atoms with van der Waals surface area (Å²) in [6, 6.07) is 13.0. The Kier molecular flexibility index (Phi) is 2.15. The van der Waals surface area contributed by atoms with Gasteiger partial charge in [0.2, 0.25) is 0 Å². The van der Waals surface area contributed by atoms with E-state index in [9.17, 15) is 9.59 Å². The van der Waals surface area contributed by atoms with E-state index in [1.165, 1.54) is 0 Å². The predicted molar refractivity (Wildman–Crippen MR) is 89.5 cm³/mol. The van der Waals surface area contributed by atoms with E-state index < -0.39 is 11.3 Å². The minimum atomic E-state index is -0.610. The summed E-state index contributed by atoms with van der Waals surface area (Å²) < 4.78 is 10.8. The summed E-state index contributed by atoms with van der Waals surface area (Å²) in [5.41, 5.74) is 1.32. The van der Waals surface area contributed by atoms with Gasteiger partial charge in [-0.05, 0) is 42.6 Å². The Morgan fingerprint density at radius 2 is 1.30 bits per heavy atom. The van der Waals surface area contributed by atoms with Gasteiger partial charge in [0.05, 0.1) is 10.8 Å². The lowest BCUT2D eigenvalue weighted by atomic mass is 9.97. The third-order valence-corrected chi connectivity index (χ3v) is 4.39. The van der Waals surface area contributed by atoms with Crippen LogP contribution in [0.2, 0.25) is 0 Å². The lowest BCUT2D eigenvalue weighted by molar-refractivity contribution is 0.489. The highest BCUT2D eigenvalue weighted by Crippen LogP contribution is 2.36. The van der Waals surface area contributed by atoms with E-state index >= 15 is 0 Å². The molecule has 0 N–H and O–H groups in total. The average molecular weight is 302 g/mol. The molecular weight excluding hydrogens is 292 g/mol. The predicted octanol–water partition coefficient (Wildman–Crippen LogP) is 3.95. The fourth-order valence-corrected chi connectivity index (χ4v) is 3.37. The molecule has 3 aromatic carbocycles. The molecule has 4 heteroatoms. The van der Waals surface area contributed by atoms with Crippen LogP contribution >= 0.6 is 0 Å². The van der Waals surface area contributed by atoms with E-state index in [1.54, 1.807) is 18.2 Å². The van der Waals surface area contributed by atoms with Crippen LogP contribution in [-0.2, 0) is 0 Å². The molecule has 5 aromatic rings. The third kappa shape index (κ3) is 1.50. The van der Waals surface area contributed by atoms with Crippen LogP contribution in [0.3, 0.4) is 0 Å². The SMILES string of the molecule is Cc1ccc2oc3ccc4c(=O)oc(=O)c5ccc(c2c1)c3c45. The molecule has 0 aliphatic heterocycles. The molecule has 0 aliphatic rings. The molecule has 0 atom stereocenters. The van der Waals surface area contributed by atoms with Gasteiger partial charge in [-0.3, -0.25) is 0 Å². The zero-order valence-electron chi connectivity index (χ0n) is 12.2. The highest BCUT2D eigenvalue weighted by atomic mass is 16.4. The molecule has 0 aliphatic carbocycles. The summed E-state index contributed by atoms with van der Waals surface area (Å²) in [4.78, 5) is 24.1. The van der Waals surface area contributed by atoms with Crippen molar-refractivity contribution in [2.24, 2.45) is 0 Å². The zero-order chi connectivity index (χ0) is 15.7. The van der Waals surface area contributed by atoms with Gasteiger partial charge < -0.3 is 8.83 Å². The summed E-state index contributed by atoms with van der Waals surface area (Å²) in [7, 11) is 0. The maximum atomic E-state index is 12.0. The van der Waals surface area contributed by atoms with Gasteiger partial charge in [0.1, 0.15) is 11.2 Å². The van der Waals surface area contributed by atoms with E-state index in [0.717, 1.165) is 27.3 Å². The van der Waals surface area contributed by atoms with Gasteiger partial charge in [-0.2, -0.15) is 0 Å². The molecule has 23 heavy (non-hydrogen) atoms. The molecule has 110 valence electrons. The fraction of sp³-hybridized carbons (Fsp3) is 0.0526. The van der Waals surface area contributed by atoms with Gasteiger partial charge in [0.25, 0.3) is 0 Å². The van der Waals surface area contributed by atoms with Crippen LogP contribution in [0.15, 0.2) is 60.9 Å². The number of benzene rings is 3. The van der Waals surface area contributed by atoms with Crippen LogP contribution in [-0.4, -0.2) is 0 Å². The Bertz CT molecular complexity index is 1330. The Labute approximate surface area is 128 Å². The van der Waals surface area contributed by atoms with Gasteiger partial charge in [0, 0.05) is 16.2 Å². The summed E-state index contributed by atoms with van der Waals surface area (Å²) in [5, 5.41) is 4.15. The first kappa shape index (κ1) is 12.4. The normalized spacial score (nSPS) is 12.0. The molecule has 4 nitrogen and oxygen atoms in total. The van der Waals surface area contributed by atoms with Crippen molar-refractivity contribution < 1.29 is 8.83 Å². The van der Waals surface area contributed by atoms with Crippen LogP contribution in [0.4, 0.5) is 0 Å². The summed E-state index contributed by atoms with van der Waals surface area (Å²) in [6.07, 6.45) is 0. The zero-order valence-corrected chi connectivity index (χ0v) is 12.2. The lowest BCUT2D eigenvalue weighted by Crippen LogP contribution is -2.12. The van der Waals surface area contributed by atoms with E-state index in [-0.39, 0.29) is 0 Å². The Morgan fingerprint density at radius 3 is 2.09 bits per heavy atom. The van der Waals surface area contributed by atoms with Crippen molar-refractivity contribution in [2.45, 2.75) is 6.92 Å². The summed E-state index contributed by atoms with van der Waals surface area (Å²) >= 11 is 0. The number of aryl methyl sites for hydroxylation is 1. The highest BCUT2D eigenvalue weighted by molar-refractivity contribution is 6.26. The Hall–Kier alpha value is -3.14. The monoisotopic (exact) mass is 302 g/mol. The number of hydrogen-bond acceptors (Lipinski definition) is 4. The van der Waals surface area contributed by atoms with Crippen LogP contribution in [0.1, 0.15) is 5.56 Å². The summed E-state index contributed by atoms with van der Waals surface area (Å²) in [5.74, 6) is 0. The largest absolute Gasteiger partial charge is 0.456 e. The van der Waals surface area contributed by atoms with Gasteiger partial charge in [-0.25, -0.2) is 9.59 Å². The van der Waals surface area contributed by atoms with Crippen molar-refractivity contribution in [3.8, 4) is 0 Å². The number of fused-ring (bicyclic) bond motifs is 2. The average Bonchev–Trinajstić information content (AvgIpc) is 2.54. The van der Waals surface area contributed by atoms with E-state index in [4.69, 9.17) is 8.83 Å². The third-order valence-electron chi connectivity index (χ3n) is 4.39. The smallest absolute Gasteiger partial charge is 0.346 e. The minimum absolute atomic E-state index is 0.403. The second-order valence-corrected chi connectivity index (χ2v) is 5.80. The van der Waals surface area contributed by atoms with Crippen molar-refractivity contribution in [2.75, 3.05) is 0 Å². The van der Waals surface area contributed by atoms with Crippen LogP contribution in [0, 0.1) is 6.92 Å². The number of hydrogen-bond donors (Lipinski definition) is 0. The van der Waals surface area contributed by atoms with E-state index in [2.05, 4.69) is 0 Å². The Balaban J connectivity index is 2.23. The first-order valence-corrected chi connectivity index (χ1v) is 7.28. The second-order valence-electron chi connectivity index (χ2n) is 5.80. The van der Waals surface area contributed by atoms with Crippen LogP contribution in [0.25, 0.3) is 43.5 Å². The number of rotatable bonds is 0. The van der Waals surface area contributed by atoms with Crippen molar-refractivity contribution in [1.82, 2.24) is 0 Å². The van der Waals surface area contributed by atoms with E-state index in [1.807, 2.05) is 31.2 Å². The molecule has 0 fully saturated rings. The van der Waals surface area contributed by atoms with Gasteiger partial charge in [-0.15, -0.1) is 0 Å². The molecule has 0 amide bonds. The maximum Gasteiger partial charge on any atom is 0.346 e. The molecule has 0 saturated carbocycles. The highest BCUT2D eigenvalue weighted by Gasteiger charge is 2.17. The van der Waals surface area contributed by atoms with Gasteiger partial charge in [0.15, 0.2) is 0 Å². The molecule has 2 aromatic heterocycles. The molecule has 0 unspecified atom stereocenters. The van der Waals surface area contributed by atoms with Crippen LogP contribution in [0.5, 0.6) is 0 Å². The van der Waals surface area contributed by atoms with Crippen molar-refractivity contribution in [3.63, 3.8) is 0 Å². The molecule has 0 spiro atoms. The standard InChI is InChI=1S/C19H10O4/c1-9-2-6-14-13(8-9)10-3-4-11-16-12(19(21)23-18(11)20)5-7-15(22-14)17(10)16/h2-8H,1H3. The molecule has 0 saturated heterocycles. The lowest BCUT2D eigenvalue weighted by Gasteiger charge is -2.11. The second kappa shape index (κ2) is 3.98. The van der Waals surface area contributed by atoms with Gasteiger partial charge >= 0.3 is 11.3 Å². The topological polar surface area (TPSA) is 60.4 Å². The summed E-state index contributed by atoms with van der Waals surface area (Å²) in [6.45, 7) is 2.02. The fourth-order valence-electron chi connectivity index (χ4n) is 3.37. The minimum Gasteiger partial charge on any atom is -0.456 e. The molecule has 2 heterocycles. The van der Waals surface area contributed by atoms with E-state index in [0.29, 0.717) is 21.7 Å². The molecule has 0 radical (unpaired) electrons. The van der Waals surface area contributed by atoms with Crippen LogP contribution < -0.4 is 11.3 Å². The maximum absolute atomic E-state index is 12.0. The van der Waals surface area contributed by atoms with Crippen molar-refractivity contribution >= 4 is 43.5 Å². The first-order chi connectivity index (χ1) is 11.1. The Morgan fingerprint density at radius 1 is 0.652 bits per heavy atom. The first-order valence-electron chi connectivity index (χ1n) is 7.28. The molecule has 0 bridgehead atoms. The van der Waals surface area contributed by atoms with Crippen molar-refractivity contribution in [3.05, 3.63) is 68.9 Å². The quantitative estimate of drug-likeness (QED) is 0.321. The molecule has 5 rings (SSSR count). The molecular formula is C19H10O4. The van der Waals surface area contributed by atoms with Gasteiger partial charge in [-0.1, -0.05) is 17.7 Å².